The average molecular weight is 361 g/mol. The fraction of sp³-hybridized carbons (Fsp3) is 0.842. The predicted molar refractivity (Wildman–Crippen MR) is 98.3 cm³/mol. The third kappa shape index (κ3) is 4.95. The fourth-order valence-electron chi connectivity index (χ4n) is 4.29. The molecule has 2 heterocycles. The molecule has 0 spiro atoms. The van der Waals surface area contributed by atoms with Gasteiger partial charge in [-0.1, -0.05) is 0 Å². The molecule has 3 aliphatic rings. The van der Waals surface area contributed by atoms with Gasteiger partial charge in [-0.2, -0.15) is 5.26 Å². The Balaban J connectivity index is 1.37. The van der Waals surface area contributed by atoms with Crippen LogP contribution in [0.4, 0.5) is 0 Å². The van der Waals surface area contributed by atoms with Gasteiger partial charge in [0.1, 0.15) is 5.54 Å². The Morgan fingerprint density at radius 1 is 0.846 bits per heavy atom. The molecule has 2 amide bonds. The van der Waals surface area contributed by atoms with E-state index >= 15 is 0 Å². The molecule has 0 unspecified atom stereocenters. The summed E-state index contributed by atoms with van der Waals surface area (Å²) in [6.07, 6.45) is 7.04. The van der Waals surface area contributed by atoms with Gasteiger partial charge in [0, 0.05) is 39.3 Å². The van der Waals surface area contributed by atoms with Crippen molar-refractivity contribution in [2.75, 3.05) is 52.4 Å². The molecule has 0 aromatic carbocycles. The highest BCUT2D eigenvalue weighted by Gasteiger charge is 2.35. The van der Waals surface area contributed by atoms with Crippen LogP contribution in [0.1, 0.15) is 44.9 Å². The molecule has 1 saturated carbocycles. The van der Waals surface area contributed by atoms with Gasteiger partial charge >= 0.3 is 0 Å². The maximum Gasteiger partial charge on any atom is 0.236 e. The van der Waals surface area contributed by atoms with Crippen molar-refractivity contribution in [3.63, 3.8) is 0 Å². The van der Waals surface area contributed by atoms with E-state index in [4.69, 9.17) is 0 Å². The summed E-state index contributed by atoms with van der Waals surface area (Å²) in [5.74, 6) is 0.194. The van der Waals surface area contributed by atoms with Crippen molar-refractivity contribution >= 4 is 11.8 Å². The Labute approximate surface area is 156 Å². The van der Waals surface area contributed by atoms with E-state index in [1.807, 2.05) is 4.90 Å². The number of nitrogens with zero attached hydrogens (tertiary/aromatic N) is 4. The highest BCUT2D eigenvalue weighted by Crippen LogP contribution is 2.28. The molecule has 1 N–H and O–H groups in total. The summed E-state index contributed by atoms with van der Waals surface area (Å²) in [6, 6.07) is 2.30. The Bertz CT molecular complexity index is 539. The highest BCUT2D eigenvalue weighted by atomic mass is 16.2. The Kier molecular flexibility index (Phi) is 6.49. The molecule has 3 fully saturated rings. The lowest BCUT2D eigenvalue weighted by atomic mass is 10.00. The molecular formula is C19H31N5O2. The van der Waals surface area contributed by atoms with Crippen molar-refractivity contribution in [3.05, 3.63) is 0 Å². The molecule has 0 atom stereocenters. The average Bonchev–Trinajstić information content (AvgIpc) is 3.13. The SMILES string of the molecule is N#CC1(NC(=O)CN2CCN(CC(=O)N3CCCCC3)CC2)CCCC1. The van der Waals surface area contributed by atoms with E-state index in [0.29, 0.717) is 13.1 Å². The first-order valence-corrected chi connectivity index (χ1v) is 10.0. The summed E-state index contributed by atoms with van der Waals surface area (Å²) in [6.45, 7) is 5.86. The minimum atomic E-state index is -0.639. The normalized spacial score (nSPS) is 24.2. The van der Waals surface area contributed by atoms with Gasteiger partial charge in [0.2, 0.25) is 11.8 Å². The molecule has 0 radical (unpaired) electrons. The number of hydrogen-bond acceptors (Lipinski definition) is 5. The zero-order valence-electron chi connectivity index (χ0n) is 15.7. The largest absolute Gasteiger partial charge is 0.342 e. The molecule has 2 aliphatic heterocycles. The number of carbonyl (C=O) groups is 2. The topological polar surface area (TPSA) is 79.7 Å². The van der Waals surface area contributed by atoms with E-state index in [-0.39, 0.29) is 11.8 Å². The van der Waals surface area contributed by atoms with E-state index in [2.05, 4.69) is 21.2 Å². The smallest absolute Gasteiger partial charge is 0.236 e. The first-order chi connectivity index (χ1) is 12.6. The van der Waals surface area contributed by atoms with E-state index in [9.17, 15) is 14.9 Å². The number of likely N-dealkylation sites (tertiary alicyclic amines) is 1. The van der Waals surface area contributed by atoms with Crippen LogP contribution >= 0.6 is 0 Å². The van der Waals surface area contributed by atoms with Crippen LogP contribution in [0, 0.1) is 11.3 Å². The van der Waals surface area contributed by atoms with Gasteiger partial charge in [-0.3, -0.25) is 19.4 Å². The van der Waals surface area contributed by atoms with Crippen molar-refractivity contribution in [1.29, 1.82) is 5.26 Å². The monoisotopic (exact) mass is 361 g/mol. The van der Waals surface area contributed by atoms with Gasteiger partial charge in [0.25, 0.3) is 0 Å². The van der Waals surface area contributed by atoms with Crippen LogP contribution in [0.2, 0.25) is 0 Å². The van der Waals surface area contributed by atoms with Crippen molar-refractivity contribution < 1.29 is 9.59 Å². The lowest BCUT2D eigenvalue weighted by Gasteiger charge is -2.36. The van der Waals surface area contributed by atoms with Gasteiger partial charge in [-0.05, 0) is 44.9 Å². The zero-order chi connectivity index (χ0) is 18.4. The van der Waals surface area contributed by atoms with Crippen molar-refractivity contribution in [2.24, 2.45) is 0 Å². The second-order valence-corrected chi connectivity index (χ2v) is 7.94. The Hall–Kier alpha value is -1.65. The van der Waals surface area contributed by atoms with Gasteiger partial charge in [-0.25, -0.2) is 0 Å². The molecule has 1 aliphatic carbocycles. The van der Waals surface area contributed by atoms with Crippen molar-refractivity contribution in [1.82, 2.24) is 20.0 Å². The number of piperidine rings is 1. The lowest BCUT2D eigenvalue weighted by Crippen LogP contribution is -2.54. The lowest BCUT2D eigenvalue weighted by molar-refractivity contribution is -0.134. The van der Waals surface area contributed by atoms with E-state index in [1.54, 1.807) is 0 Å². The second-order valence-electron chi connectivity index (χ2n) is 7.94. The molecule has 144 valence electrons. The minimum absolute atomic E-state index is 0.0497. The molecule has 0 aromatic rings. The van der Waals surface area contributed by atoms with Gasteiger partial charge in [0.15, 0.2) is 0 Å². The van der Waals surface area contributed by atoms with Crippen LogP contribution in [0.25, 0.3) is 0 Å². The summed E-state index contributed by atoms with van der Waals surface area (Å²) in [5.41, 5.74) is -0.639. The third-order valence-electron chi connectivity index (χ3n) is 5.95. The maximum atomic E-state index is 12.4. The van der Waals surface area contributed by atoms with Gasteiger partial charge in [-0.15, -0.1) is 0 Å². The quantitative estimate of drug-likeness (QED) is 0.774. The van der Waals surface area contributed by atoms with Gasteiger partial charge < -0.3 is 10.2 Å². The van der Waals surface area contributed by atoms with Crippen LogP contribution in [-0.4, -0.2) is 84.4 Å². The Morgan fingerprint density at radius 2 is 1.42 bits per heavy atom. The zero-order valence-corrected chi connectivity index (χ0v) is 15.7. The number of nitriles is 1. The molecule has 2 saturated heterocycles. The number of hydrogen-bond donors (Lipinski definition) is 1. The minimum Gasteiger partial charge on any atom is -0.342 e. The summed E-state index contributed by atoms with van der Waals surface area (Å²) in [5, 5.41) is 12.3. The van der Waals surface area contributed by atoms with Crippen LogP contribution in [0.15, 0.2) is 0 Å². The third-order valence-corrected chi connectivity index (χ3v) is 5.95. The number of carbonyl (C=O) groups excluding carboxylic acids is 2. The molecule has 26 heavy (non-hydrogen) atoms. The fourth-order valence-corrected chi connectivity index (χ4v) is 4.29. The van der Waals surface area contributed by atoms with E-state index in [1.165, 1.54) is 6.42 Å². The van der Waals surface area contributed by atoms with Crippen molar-refractivity contribution in [2.45, 2.75) is 50.5 Å². The predicted octanol–water partition coefficient (Wildman–Crippen LogP) is 0.569. The Morgan fingerprint density at radius 3 is 2.00 bits per heavy atom. The number of rotatable bonds is 5. The first kappa shape index (κ1) is 19.1. The van der Waals surface area contributed by atoms with Crippen LogP contribution < -0.4 is 5.32 Å². The molecule has 3 rings (SSSR count). The van der Waals surface area contributed by atoms with Crippen LogP contribution in [0.5, 0.6) is 0 Å². The summed E-state index contributed by atoms with van der Waals surface area (Å²) in [7, 11) is 0. The number of nitrogens with one attached hydrogen (secondary N) is 1. The second kappa shape index (κ2) is 8.83. The van der Waals surface area contributed by atoms with Crippen molar-refractivity contribution in [3.8, 4) is 6.07 Å². The summed E-state index contributed by atoms with van der Waals surface area (Å²) >= 11 is 0. The van der Waals surface area contributed by atoms with Crippen LogP contribution in [0.3, 0.4) is 0 Å². The standard InChI is InChI=1S/C19H31N5O2/c20-16-19(6-2-3-7-19)21-17(25)14-22-10-12-23(13-11-22)15-18(26)24-8-4-1-5-9-24/h1-15H2,(H,21,25). The molecule has 7 heteroatoms. The van der Waals surface area contributed by atoms with Gasteiger partial charge in [0.05, 0.1) is 19.2 Å². The molecule has 0 bridgehead atoms. The molecular weight excluding hydrogens is 330 g/mol. The maximum absolute atomic E-state index is 12.4. The summed E-state index contributed by atoms with van der Waals surface area (Å²) < 4.78 is 0. The molecule has 7 nitrogen and oxygen atoms in total. The number of piperazine rings is 1. The van der Waals surface area contributed by atoms with E-state index < -0.39 is 5.54 Å². The summed E-state index contributed by atoms with van der Waals surface area (Å²) in [4.78, 5) is 31.0. The number of amides is 2. The van der Waals surface area contributed by atoms with E-state index in [0.717, 1.165) is 77.8 Å². The highest BCUT2D eigenvalue weighted by molar-refractivity contribution is 5.79. The first-order valence-electron chi connectivity index (χ1n) is 10.0. The van der Waals surface area contributed by atoms with Crippen LogP contribution in [-0.2, 0) is 9.59 Å². The molecule has 0 aromatic heterocycles.